The number of urea groups is 1. The summed E-state index contributed by atoms with van der Waals surface area (Å²) in [6.07, 6.45) is 8.76. The number of carbonyl (C=O) groups is 1. The van der Waals surface area contributed by atoms with Gasteiger partial charge in [-0.3, -0.25) is 9.88 Å². The van der Waals surface area contributed by atoms with Gasteiger partial charge < -0.3 is 16.0 Å². The molecule has 0 saturated carbocycles. The number of likely N-dealkylation sites (tertiary alicyclic amines) is 1. The summed E-state index contributed by atoms with van der Waals surface area (Å²) in [5.74, 6) is 0.712. The zero-order valence-corrected chi connectivity index (χ0v) is 13.2. The predicted molar refractivity (Wildman–Crippen MR) is 86.8 cm³/mol. The molecule has 2 heterocycles. The summed E-state index contributed by atoms with van der Waals surface area (Å²) < 4.78 is 0. The summed E-state index contributed by atoms with van der Waals surface area (Å²) in [6, 6.07) is 0.514. The molecule has 1 aromatic rings. The third-order valence-electron chi connectivity index (χ3n) is 3.90. The second-order valence-corrected chi connectivity index (χ2v) is 5.58. The van der Waals surface area contributed by atoms with Crippen LogP contribution in [0.25, 0.3) is 0 Å². The van der Waals surface area contributed by atoms with Crippen molar-refractivity contribution in [2.24, 2.45) is 0 Å². The molecule has 1 aliphatic rings. The lowest BCUT2D eigenvalue weighted by atomic mass is 10.0. The number of nitrogens with one attached hydrogen (secondary N) is 3. The molecule has 1 atom stereocenters. The van der Waals surface area contributed by atoms with Gasteiger partial charge in [-0.05, 0) is 26.3 Å². The molecule has 7 heteroatoms. The maximum absolute atomic E-state index is 11.7. The fourth-order valence-electron chi connectivity index (χ4n) is 2.62. The Kier molecular flexibility index (Phi) is 6.89. The zero-order chi connectivity index (χ0) is 15.6. The average Bonchev–Trinajstić information content (AvgIpc) is 2.54. The van der Waals surface area contributed by atoms with Crippen LogP contribution in [0.2, 0.25) is 0 Å². The molecule has 1 aromatic heterocycles. The molecule has 3 N–H and O–H groups in total. The first-order chi connectivity index (χ1) is 10.8. The molecule has 2 amide bonds. The van der Waals surface area contributed by atoms with E-state index in [1.165, 1.54) is 19.3 Å². The minimum absolute atomic E-state index is 0.120. The maximum Gasteiger partial charge on any atom is 0.314 e. The minimum atomic E-state index is -0.120. The number of nitrogens with zero attached hydrogens (tertiary/aromatic N) is 3. The highest BCUT2D eigenvalue weighted by Crippen LogP contribution is 2.15. The smallest absolute Gasteiger partial charge is 0.314 e. The summed E-state index contributed by atoms with van der Waals surface area (Å²) in [5, 5.41) is 8.81. The topological polar surface area (TPSA) is 82.2 Å². The van der Waals surface area contributed by atoms with Crippen LogP contribution in [0.15, 0.2) is 18.6 Å². The van der Waals surface area contributed by atoms with Crippen molar-refractivity contribution in [2.75, 3.05) is 38.0 Å². The van der Waals surface area contributed by atoms with Crippen molar-refractivity contribution in [3.8, 4) is 0 Å². The molecule has 0 unspecified atom stereocenters. The van der Waals surface area contributed by atoms with Crippen molar-refractivity contribution >= 4 is 11.8 Å². The van der Waals surface area contributed by atoms with E-state index in [1.54, 1.807) is 18.6 Å². The Morgan fingerprint density at radius 3 is 2.91 bits per heavy atom. The van der Waals surface area contributed by atoms with Crippen LogP contribution < -0.4 is 16.0 Å². The number of hydrogen-bond donors (Lipinski definition) is 3. The van der Waals surface area contributed by atoms with Crippen molar-refractivity contribution in [3.63, 3.8) is 0 Å². The Labute approximate surface area is 131 Å². The molecule has 1 saturated heterocycles. The lowest BCUT2D eigenvalue weighted by Crippen LogP contribution is -2.45. The van der Waals surface area contributed by atoms with Gasteiger partial charge in [0.15, 0.2) is 0 Å². The van der Waals surface area contributed by atoms with E-state index in [9.17, 15) is 4.79 Å². The number of carbonyl (C=O) groups excluding carboxylic acids is 1. The zero-order valence-electron chi connectivity index (χ0n) is 13.2. The minimum Gasteiger partial charge on any atom is -0.367 e. The highest BCUT2D eigenvalue weighted by Gasteiger charge is 2.17. The summed E-state index contributed by atoms with van der Waals surface area (Å²) in [7, 11) is 0. The second-order valence-electron chi connectivity index (χ2n) is 5.58. The molecule has 0 radical (unpaired) electrons. The lowest BCUT2D eigenvalue weighted by Gasteiger charge is -2.33. The standard InChI is InChI=1S/C15H26N6O/c1-13-4-2-3-10-21(13)11-9-20-15(22)19-8-7-18-14-12-16-5-6-17-14/h5-6,12-13H,2-4,7-11H2,1H3,(H,17,18)(H2,19,20,22)/t13-/m0/s1. The third kappa shape index (κ3) is 5.85. The Bertz CT molecular complexity index is 441. The van der Waals surface area contributed by atoms with E-state index in [-0.39, 0.29) is 6.03 Å². The van der Waals surface area contributed by atoms with Gasteiger partial charge in [-0.25, -0.2) is 9.78 Å². The van der Waals surface area contributed by atoms with Gasteiger partial charge in [0.1, 0.15) is 5.82 Å². The predicted octanol–water partition coefficient (Wildman–Crippen LogP) is 1.06. The van der Waals surface area contributed by atoms with Crippen molar-refractivity contribution in [2.45, 2.75) is 32.2 Å². The van der Waals surface area contributed by atoms with Gasteiger partial charge in [0.2, 0.25) is 0 Å². The molecule has 0 aromatic carbocycles. The third-order valence-corrected chi connectivity index (χ3v) is 3.90. The number of piperidine rings is 1. The quantitative estimate of drug-likeness (QED) is 0.656. The number of rotatable bonds is 7. The molecule has 7 nitrogen and oxygen atoms in total. The lowest BCUT2D eigenvalue weighted by molar-refractivity contribution is 0.161. The first-order valence-electron chi connectivity index (χ1n) is 8.01. The number of aromatic nitrogens is 2. The van der Waals surface area contributed by atoms with Gasteiger partial charge in [0, 0.05) is 44.6 Å². The monoisotopic (exact) mass is 306 g/mol. The van der Waals surface area contributed by atoms with Crippen LogP contribution in [0.3, 0.4) is 0 Å². The summed E-state index contributed by atoms with van der Waals surface area (Å²) in [5.41, 5.74) is 0. The van der Waals surface area contributed by atoms with Gasteiger partial charge in [-0.15, -0.1) is 0 Å². The highest BCUT2D eigenvalue weighted by atomic mass is 16.2. The Morgan fingerprint density at radius 1 is 1.27 bits per heavy atom. The van der Waals surface area contributed by atoms with Crippen molar-refractivity contribution in [1.29, 1.82) is 0 Å². The van der Waals surface area contributed by atoms with E-state index in [4.69, 9.17) is 0 Å². The van der Waals surface area contributed by atoms with Gasteiger partial charge in [-0.2, -0.15) is 0 Å². The molecular formula is C15H26N6O. The van der Waals surface area contributed by atoms with Crippen molar-refractivity contribution < 1.29 is 4.79 Å². The molecule has 0 bridgehead atoms. The molecule has 122 valence electrons. The first-order valence-corrected chi connectivity index (χ1v) is 8.01. The second kappa shape index (κ2) is 9.19. The normalized spacial score (nSPS) is 18.7. The van der Waals surface area contributed by atoms with Crippen LogP contribution in [0.5, 0.6) is 0 Å². The van der Waals surface area contributed by atoms with Crippen LogP contribution in [-0.4, -0.2) is 59.7 Å². The highest BCUT2D eigenvalue weighted by molar-refractivity contribution is 5.73. The number of amides is 2. The van der Waals surface area contributed by atoms with Crippen LogP contribution in [-0.2, 0) is 0 Å². The van der Waals surface area contributed by atoms with Crippen molar-refractivity contribution in [3.05, 3.63) is 18.6 Å². The van der Waals surface area contributed by atoms with Gasteiger partial charge in [0.05, 0.1) is 6.20 Å². The van der Waals surface area contributed by atoms with E-state index in [0.29, 0.717) is 31.5 Å². The Hall–Kier alpha value is -1.89. The van der Waals surface area contributed by atoms with Crippen LogP contribution in [0.4, 0.5) is 10.6 Å². The fourth-order valence-corrected chi connectivity index (χ4v) is 2.62. The van der Waals surface area contributed by atoms with E-state index in [1.807, 2.05) is 0 Å². The van der Waals surface area contributed by atoms with E-state index < -0.39 is 0 Å². The SMILES string of the molecule is C[C@H]1CCCCN1CCNC(=O)NCCNc1cnccn1. The number of hydrogen-bond acceptors (Lipinski definition) is 5. The summed E-state index contributed by atoms with van der Waals surface area (Å²) >= 11 is 0. The van der Waals surface area contributed by atoms with E-state index in [0.717, 1.165) is 13.1 Å². The van der Waals surface area contributed by atoms with Crippen LogP contribution in [0.1, 0.15) is 26.2 Å². The number of anilines is 1. The fraction of sp³-hybridized carbons (Fsp3) is 0.667. The molecule has 1 fully saturated rings. The Morgan fingerprint density at radius 2 is 2.14 bits per heavy atom. The molecule has 1 aliphatic heterocycles. The van der Waals surface area contributed by atoms with E-state index >= 15 is 0 Å². The molecular weight excluding hydrogens is 280 g/mol. The van der Waals surface area contributed by atoms with Gasteiger partial charge >= 0.3 is 6.03 Å². The molecule has 2 rings (SSSR count). The van der Waals surface area contributed by atoms with Crippen molar-refractivity contribution in [1.82, 2.24) is 25.5 Å². The largest absolute Gasteiger partial charge is 0.367 e. The Balaban J connectivity index is 1.51. The maximum atomic E-state index is 11.7. The first kappa shape index (κ1) is 16.5. The average molecular weight is 306 g/mol. The summed E-state index contributed by atoms with van der Waals surface area (Å²) in [6.45, 7) is 6.18. The molecule has 0 spiro atoms. The summed E-state index contributed by atoms with van der Waals surface area (Å²) in [4.78, 5) is 22.2. The van der Waals surface area contributed by atoms with Crippen LogP contribution in [0, 0.1) is 0 Å². The van der Waals surface area contributed by atoms with E-state index in [2.05, 4.69) is 37.7 Å². The molecule has 0 aliphatic carbocycles. The van der Waals surface area contributed by atoms with Crippen LogP contribution >= 0.6 is 0 Å². The molecule has 22 heavy (non-hydrogen) atoms. The van der Waals surface area contributed by atoms with Gasteiger partial charge in [-0.1, -0.05) is 6.42 Å². The van der Waals surface area contributed by atoms with Gasteiger partial charge in [0.25, 0.3) is 0 Å².